The van der Waals surface area contributed by atoms with Crippen molar-refractivity contribution in [3.8, 4) is 21.7 Å². The summed E-state index contributed by atoms with van der Waals surface area (Å²) >= 11 is 7.47. The van der Waals surface area contributed by atoms with Crippen LogP contribution in [-0.2, 0) is 0 Å². The summed E-state index contributed by atoms with van der Waals surface area (Å²) in [4.78, 5) is 1.03. The van der Waals surface area contributed by atoms with Gasteiger partial charge in [-0.05, 0) is 17.7 Å². The van der Waals surface area contributed by atoms with E-state index in [0.717, 1.165) is 26.0 Å². The van der Waals surface area contributed by atoms with Crippen LogP contribution in [0, 0.1) is 0 Å². The Labute approximate surface area is 113 Å². The summed E-state index contributed by atoms with van der Waals surface area (Å²) in [6.45, 7) is 0. The molecule has 3 nitrogen and oxygen atoms in total. The Balaban J connectivity index is 2.18. The zero-order valence-corrected chi connectivity index (χ0v) is 10.9. The van der Waals surface area contributed by atoms with Crippen LogP contribution in [-0.4, -0.2) is 10.2 Å². The van der Waals surface area contributed by atoms with Crippen molar-refractivity contribution in [2.24, 2.45) is 0 Å². The number of aromatic amines is 1. The molecule has 0 amide bonds. The minimum Gasteiger partial charge on any atom is -0.382 e. The molecule has 1 aromatic carbocycles. The van der Waals surface area contributed by atoms with E-state index in [-0.39, 0.29) is 0 Å². The molecule has 90 valence electrons. The lowest BCUT2D eigenvalue weighted by Crippen LogP contribution is -1.87. The molecule has 0 aliphatic carbocycles. The van der Waals surface area contributed by atoms with Gasteiger partial charge in [0, 0.05) is 0 Å². The second-order valence-corrected chi connectivity index (χ2v) is 5.54. The largest absolute Gasteiger partial charge is 0.382 e. The van der Waals surface area contributed by atoms with Crippen LogP contribution in [0.5, 0.6) is 0 Å². The van der Waals surface area contributed by atoms with Gasteiger partial charge in [0.15, 0.2) is 5.82 Å². The maximum atomic E-state index is 5.97. The van der Waals surface area contributed by atoms with E-state index in [9.17, 15) is 0 Å². The molecule has 0 fully saturated rings. The number of nitrogen functional groups attached to an aromatic ring is 1. The lowest BCUT2D eigenvalue weighted by Gasteiger charge is -2.02. The Morgan fingerprint density at radius 1 is 1.11 bits per heavy atom. The van der Waals surface area contributed by atoms with Crippen LogP contribution in [0.1, 0.15) is 0 Å². The molecule has 3 rings (SSSR count). The fourth-order valence-corrected chi connectivity index (χ4v) is 2.92. The SMILES string of the molecule is Nc1n[nH]c(-c2ccc(Cl)s2)c1-c1ccccc1. The number of halogens is 1. The van der Waals surface area contributed by atoms with Crippen molar-refractivity contribution < 1.29 is 0 Å². The zero-order chi connectivity index (χ0) is 12.5. The molecule has 0 atom stereocenters. The van der Waals surface area contributed by atoms with Gasteiger partial charge in [0.25, 0.3) is 0 Å². The molecule has 3 aromatic rings. The lowest BCUT2D eigenvalue weighted by molar-refractivity contribution is 1.11. The predicted molar refractivity (Wildman–Crippen MR) is 76.8 cm³/mol. The van der Waals surface area contributed by atoms with Gasteiger partial charge in [0.1, 0.15) is 0 Å². The van der Waals surface area contributed by atoms with E-state index in [1.165, 1.54) is 11.3 Å². The first-order valence-corrected chi connectivity index (χ1v) is 6.60. The summed E-state index contributed by atoms with van der Waals surface area (Å²) in [6, 6.07) is 13.8. The summed E-state index contributed by atoms with van der Waals surface area (Å²) in [5.41, 5.74) is 8.83. The maximum Gasteiger partial charge on any atom is 0.153 e. The number of thiophene rings is 1. The summed E-state index contributed by atoms with van der Waals surface area (Å²) in [7, 11) is 0. The molecule has 0 aliphatic heterocycles. The summed E-state index contributed by atoms with van der Waals surface area (Å²) < 4.78 is 0.747. The molecule has 0 unspecified atom stereocenters. The number of nitrogens with two attached hydrogens (primary N) is 1. The van der Waals surface area contributed by atoms with Crippen molar-refractivity contribution >= 4 is 28.8 Å². The van der Waals surface area contributed by atoms with Gasteiger partial charge < -0.3 is 5.73 Å². The highest BCUT2D eigenvalue weighted by Gasteiger charge is 2.15. The molecule has 0 aliphatic rings. The van der Waals surface area contributed by atoms with Crippen molar-refractivity contribution in [2.75, 3.05) is 5.73 Å². The van der Waals surface area contributed by atoms with Gasteiger partial charge in [0.05, 0.1) is 20.5 Å². The summed E-state index contributed by atoms with van der Waals surface area (Å²) in [5.74, 6) is 0.501. The van der Waals surface area contributed by atoms with Crippen LogP contribution >= 0.6 is 22.9 Å². The average Bonchev–Trinajstić information content (AvgIpc) is 2.96. The number of rotatable bonds is 2. The van der Waals surface area contributed by atoms with Gasteiger partial charge in [-0.25, -0.2) is 0 Å². The number of anilines is 1. The first kappa shape index (κ1) is 11.3. The van der Waals surface area contributed by atoms with E-state index in [1.807, 2.05) is 42.5 Å². The number of hydrogen-bond acceptors (Lipinski definition) is 3. The molecule has 0 radical (unpaired) electrons. The number of nitrogens with zero attached hydrogens (tertiary/aromatic N) is 1. The van der Waals surface area contributed by atoms with Crippen molar-refractivity contribution in [3.05, 3.63) is 46.8 Å². The molecule has 2 aromatic heterocycles. The van der Waals surface area contributed by atoms with Gasteiger partial charge in [0.2, 0.25) is 0 Å². The van der Waals surface area contributed by atoms with E-state index >= 15 is 0 Å². The average molecular weight is 276 g/mol. The van der Waals surface area contributed by atoms with Crippen molar-refractivity contribution in [1.82, 2.24) is 10.2 Å². The highest BCUT2D eigenvalue weighted by molar-refractivity contribution is 7.19. The number of benzene rings is 1. The summed E-state index contributed by atoms with van der Waals surface area (Å²) in [5, 5.41) is 7.07. The van der Waals surface area contributed by atoms with Crippen LogP contribution in [0.15, 0.2) is 42.5 Å². The second-order valence-electron chi connectivity index (χ2n) is 3.83. The quantitative estimate of drug-likeness (QED) is 0.741. The van der Waals surface area contributed by atoms with Gasteiger partial charge >= 0.3 is 0 Å². The van der Waals surface area contributed by atoms with Gasteiger partial charge in [-0.3, -0.25) is 5.10 Å². The van der Waals surface area contributed by atoms with E-state index in [2.05, 4.69) is 10.2 Å². The molecule has 0 spiro atoms. The topological polar surface area (TPSA) is 54.7 Å². The van der Waals surface area contributed by atoms with Crippen molar-refractivity contribution in [2.45, 2.75) is 0 Å². The summed E-state index contributed by atoms with van der Waals surface area (Å²) in [6.07, 6.45) is 0. The molecule has 18 heavy (non-hydrogen) atoms. The van der Waals surface area contributed by atoms with Gasteiger partial charge in [-0.15, -0.1) is 11.3 Å². The highest BCUT2D eigenvalue weighted by atomic mass is 35.5. The highest BCUT2D eigenvalue weighted by Crippen LogP contribution is 2.38. The molecular formula is C13H10ClN3S. The van der Waals surface area contributed by atoms with Crippen molar-refractivity contribution in [3.63, 3.8) is 0 Å². The molecule has 0 saturated carbocycles. The number of aromatic nitrogens is 2. The van der Waals surface area contributed by atoms with Crippen LogP contribution in [0.2, 0.25) is 4.34 Å². The number of nitrogens with one attached hydrogen (secondary N) is 1. The van der Waals surface area contributed by atoms with Crippen LogP contribution in [0.25, 0.3) is 21.7 Å². The smallest absolute Gasteiger partial charge is 0.153 e. The molecule has 5 heteroatoms. The molecular weight excluding hydrogens is 266 g/mol. The third kappa shape index (κ3) is 1.89. The Morgan fingerprint density at radius 2 is 1.89 bits per heavy atom. The third-order valence-corrected chi connectivity index (χ3v) is 3.93. The van der Waals surface area contributed by atoms with E-state index in [0.29, 0.717) is 5.82 Å². The predicted octanol–water partition coefficient (Wildman–Crippen LogP) is 4.04. The minimum absolute atomic E-state index is 0.501. The fraction of sp³-hybridized carbons (Fsp3) is 0. The standard InChI is InChI=1S/C13H10ClN3S/c14-10-7-6-9(18-10)12-11(13(15)17-16-12)8-4-2-1-3-5-8/h1-7H,(H3,15,16,17). The van der Waals surface area contributed by atoms with Crippen LogP contribution in [0.4, 0.5) is 5.82 Å². The number of hydrogen-bond donors (Lipinski definition) is 2. The van der Waals surface area contributed by atoms with E-state index in [1.54, 1.807) is 0 Å². The lowest BCUT2D eigenvalue weighted by atomic mass is 10.0. The first-order valence-electron chi connectivity index (χ1n) is 5.40. The molecule has 2 heterocycles. The maximum absolute atomic E-state index is 5.97. The van der Waals surface area contributed by atoms with E-state index in [4.69, 9.17) is 17.3 Å². The zero-order valence-electron chi connectivity index (χ0n) is 9.35. The minimum atomic E-state index is 0.501. The first-order chi connectivity index (χ1) is 8.75. The Hall–Kier alpha value is -1.78. The molecule has 0 saturated heterocycles. The van der Waals surface area contributed by atoms with E-state index < -0.39 is 0 Å². The van der Waals surface area contributed by atoms with Gasteiger partial charge in [-0.1, -0.05) is 41.9 Å². The van der Waals surface area contributed by atoms with Crippen LogP contribution in [0.3, 0.4) is 0 Å². The molecule has 3 N–H and O–H groups in total. The monoisotopic (exact) mass is 275 g/mol. The van der Waals surface area contributed by atoms with Gasteiger partial charge in [-0.2, -0.15) is 5.10 Å². The Bertz CT molecular complexity index is 673. The normalized spacial score (nSPS) is 10.7. The fourth-order valence-electron chi connectivity index (χ4n) is 1.88. The second kappa shape index (κ2) is 4.48. The third-order valence-electron chi connectivity index (χ3n) is 2.68. The Morgan fingerprint density at radius 3 is 2.56 bits per heavy atom. The molecule has 0 bridgehead atoms. The van der Waals surface area contributed by atoms with Crippen LogP contribution < -0.4 is 5.73 Å². The van der Waals surface area contributed by atoms with Crippen molar-refractivity contribution in [1.29, 1.82) is 0 Å². The Kier molecular flexibility index (Phi) is 2.81. The number of H-pyrrole nitrogens is 1.